The summed E-state index contributed by atoms with van der Waals surface area (Å²) in [6, 6.07) is 4.22. The van der Waals surface area contributed by atoms with Crippen LogP contribution < -0.4 is 5.32 Å². The van der Waals surface area contributed by atoms with Gasteiger partial charge in [0.25, 0.3) is 0 Å². The molecule has 0 aliphatic heterocycles. The molecule has 1 aromatic rings. The molecule has 0 radical (unpaired) electrons. The van der Waals surface area contributed by atoms with Crippen LogP contribution in [0.3, 0.4) is 0 Å². The van der Waals surface area contributed by atoms with E-state index in [9.17, 15) is 0 Å². The second kappa shape index (κ2) is 5.26. The van der Waals surface area contributed by atoms with Crippen molar-refractivity contribution in [3.05, 3.63) is 29.6 Å². The lowest BCUT2D eigenvalue weighted by Gasteiger charge is -2.04. The molecular formula is C13H20N2. The maximum absolute atomic E-state index is 4.36. The van der Waals surface area contributed by atoms with Crippen molar-refractivity contribution >= 4 is 0 Å². The van der Waals surface area contributed by atoms with Crippen LogP contribution in [0, 0.1) is 12.8 Å². The molecule has 1 saturated carbocycles. The standard InChI is InChI=1S/C13H20N2/c1-11-4-7-13(15-9-11)10-14-8-2-3-12-5-6-12/h4,7,9,12,14H,2-3,5-6,8,10H2,1H3. The third kappa shape index (κ3) is 4.00. The minimum Gasteiger partial charge on any atom is -0.311 e. The van der Waals surface area contributed by atoms with Gasteiger partial charge in [0, 0.05) is 12.7 Å². The van der Waals surface area contributed by atoms with Crippen LogP contribution in [0.2, 0.25) is 0 Å². The molecule has 15 heavy (non-hydrogen) atoms. The first-order valence-corrected chi connectivity index (χ1v) is 5.97. The predicted octanol–water partition coefficient (Wildman–Crippen LogP) is 2.67. The summed E-state index contributed by atoms with van der Waals surface area (Å²) in [5, 5.41) is 3.44. The molecule has 2 rings (SSSR count). The summed E-state index contributed by atoms with van der Waals surface area (Å²) in [6.07, 6.45) is 7.60. The van der Waals surface area contributed by atoms with Gasteiger partial charge in [-0.25, -0.2) is 0 Å². The van der Waals surface area contributed by atoms with Crippen molar-refractivity contribution in [2.24, 2.45) is 5.92 Å². The van der Waals surface area contributed by atoms with Crippen molar-refractivity contribution in [3.63, 3.8) is 0 Å². The second-order valence-electron chi connectivity index (χ2n) is 4.59. The molecule has 1 aliphatic carbocycles. The lowest BCUT2D eigenvalue weighted by molar-refractivity contribution is 0.589. The molecular weight excluding hydrogens is 184 g/mol. The van der Waals surface area contributed by atoms with Crippen molar-refractivity contribution < 1.29 is 0 Å². The fraction of sp³-hybridized carbons (Fsp3) is 0.615. The molecule has 0 amide bonds. The average Bonchev–Trinajstić information content (AvgIpc) is 3.04. The van der Waals surface area contributed by atoms with Crippen molar-refractivity contribution in [1.29, 1.82) is 0 Å². The summed E-state index contributed by atoms with van der Waals surface area (Å²) in [7, 11) is 0. The van der Waals surface area contributed by atoms with E-state index >= 15 is 0 Å². The zero-order chi connectivity index (χ0) is 10.5. The molecule has 0 saturated heterocycles. The molecule has 1 heterocycles. The summed E-state index contributed by atoms with van der Waals surface area (Å²) in [5.74, 6) is 1.06. The van der Waals surface area contributed by atoms with Gasteiger partial charge in [-0.15, -0.1) is 0 Å². The molecule has 0 unspecified atom stereocenters. The van der Waals surface area contributed by atoms with Gasteiger partial charge in [-0.1, -0.05) is 18.9 Å². The van der Waals surface area contributed by atoms with Crippen LogP contribution >= 0.6 is 0 Å². The van der Waals surface area contributed by atoms with E-state index in [0.717, 1.165) is 24.7 Å². The van der Waals surface area contributed by atoms with Crippen molar-refractivity contribution in [2.75, 3.05) is 6.54 Å². The first kappa shape index (κ1) is 10.6. The maximum atomic E-state index is 4.36. The number of pyridine rings is 1. The Morgan fingerprint density at radius 2 is 2.27 bits per heavy atom. The molecule has 2 heteroatoms. The molecule has 1 aliphatic rings. The quantitative estimate of drug-likeness (QED) is 0.721. The first-order valence-electron chi connectivity index (χ1n) is 5.97. The van der Waals surface area contributed by atoms with Crippen LogP contribution in [0.5, 0.6) is 0 Å². The van der Waals surface area contributed by atoms with Gasteiger partial charge in [-0.05, 0) is 43.9 Å². The summed E-state index contributed by atoms with van der Waals surface area (Å²) >= 11 is 0. The molecule has 1 aromatic heterocycles. The predicted molar refractivity (Wildman–Crippen MR) is 62.6 cm³/mol. The molecule has 0 atom stereocenters. The van der Waals surface area contributed by atoms with Crippen LogP contribution in [0.1, 0.15) is 36.9 Å². The third-order valence-corrected chi connectivity index (χ3v) is 2.94. The lowest BCUT2D eigenvalue weighted by Crippen LogP contribution is -2.15. The minimum absolute atomic E-state index is 0.908. The number of rotatable bonds is 6. The first-order chi connectivity index (χ1) is 7.34. The fourth-order valence-corrected chi connectivity index (χ4v) is 1.74. The number of nitrogens with zero attached hydrogens (tertiary/aromatic N) is 1. The summed E-state index contributed by atoms with van der Waals surface area (Å²) in [4.78, 5) is 4.36. The Hall–Kier alpha value is -0.890. The highest BCUT2D eigenvalue weighted by Crippen LogP contribution is 2.33. The fourth-order valence-electron chi connectivity index (χ4n) is 1.74. The van der Waals surface area contributed by atoms with E-state index < -0.39 is 0 Å². The second-order valence-corrected chi connectivity index (χ2v) is 4.59. The van der Waals surface area contributed by atoms with E-state index in [0.29, 0.717) is 0 Å². The maximum Gasteiger partial charge on any atom is 0.0541 e. The zero-order valence-electron chi connectivity index (χ0n) is 9.50. The lowest BCUT2D eigenvalue weighted by atomic mass is 10.2. The normalized spacial score (nSPS) is 15.5. The molecule has 0 spiro atoms. The van der Waals surface area contributed by atoms with Crippen molar-refractivity contribution in [1.82, 2.24) is 10.3 Å². The molecule has 1 fully saturated rings. The molecule has 2 nitrogen and oxygen atoms in total. The Labute approximate surface area is 92.1 Å². The summed E-state index contributed by atoms with van der Waals surface area (Å²) < 4.78 is 0. The smallest absolute Gasteiger partial charge is 0.0541 e. The van der Waals surface area contributed by atoms with Gasteiger partial charge in [0.2, 0.25) is 0 Å². The van der Waals surface area contributed by atoms with Crippen molar-refractivity contribution in [3.8, 4) is 0 Å². The number of hydrogen-bond donors (Lipinski definition) is 1. The third-order valence-electron chi connectivity index (χ3n) is 2.94. The van der Waals surface area contributed by atoms with Gasteiger partial charge in [-0.2, -0.15) is 0 Å². The minimum atomic E-state index is 0.908. The Morgan fingerprint density at radius 1 is 1.40 bits per heavy atom. The average molecular weight is 204 g/mol. The molecule has 1 N–H and O–H groups in total. The number of aromatic nitrogens is 1. The van der Waals surface area contributed by atoms with Crippen LogP contribution in [-0.2, 0) is 6.54 Å². The molecule has 0 bridgehead atoms. The monoisotopic (exact) mass is 204 g/mol. The van der Waals surface area contributed by atoms with E-state index in [1.807, 2.05) is 6.20 Å². The topological polar surface area (TPSA) is 24.9 Å². The Bertz CT molecular complexity index is 288. The van der Waals surface area contributed by atoms with Gasteiger partial charge in [-0.3, -0.25) is 4.98 Å². The number of hydrogen-bond acceptors (Lipinski definition) is 2. The van der Waals surface area contributed by atoms with Gasteiger partial charge in [0.05, 0.1) is 5.69 Å². The van der Waals surface area contributed by atoms with Gasteiger partial charge < -0.3 is 5.32 Å². The van der Waals surface area contributed by atoms with Crippen LogP contribution in [-0.4, -0.2) is 11.5 Å². The van der Waals surface area contributed by atoms with E-state index in [1.54, 1.807) is 0 Å². The molecule has 0 aromatic carbocycles. The number of nitrogens with one attached hydrogen (secondary N) is 1. The van der Waals surface area contributed by atoms with Crippen LogP contribution in [0.4, 0.5) is 0 Å². The van der Waals surface area contributed by atoms with E-state index in [-0.39, 0.29) is 0 Å². The summed E-state index contributed by atoms with van der Waals surface area (Å²) in [6.45, 7) is 4.11. The van der Waals surface area contributed by atoms with E-state index in [2.05, 4.69) is 29.4 Å². The Kier molecular flexibility index (Phi) is 3.73. The highest BCUT2D eigenvalue weighted by molar-refractivity contribution is 5.11. The zero-order valence-corrected chi connectivity index (χ0v) is 9.50. The highest BCUT2D eigenvalue weighted by Gasteiger charge is 2.19. The van der Waals surface area contributed by atoms with Crippen LogP contribution in [0.25, 0.3) is 0 Å². The van der Waals surface area contributed by atoms with Gasteiger partial charge in [0.15, 0.2) is 0 Å². The van der Waals surface area contributed by atoms with Gasteiger partial charge in [0.1, 0.15) is 0 Å². The SMILES string of the molecule is Cc1ccc(CNCCCC2CC2)nc1. The summed E-state index contributed by atoms with van der Waals surface area (Å²) in [5.41, 5.74) is 2.37. The van der Waals surface area contributed by atoms with Crippen LogP contribution in [0.15, 0.2) is 18.3 Å². The van der Waals surface area contributed by atoms with Crippen molar-refractivity contribution in [2.45, 2.75) is 39.2 Å². The molecule has 82 valence electrons. The number of aryl methyl sites for hydroxylation is 1. The van der Waals surface area contributed by atoms with E-state index in [1.165, 1.54) is 31.2 Å². The Morgan fingerprint density at radius 3 is 2.93 bits per heavy atom. The van der Waals surface area contributed by atoms with Gasteiger partial charge >= 0.3 is 0 Å². The van der Waals surface area contributed by atoms with E-state index in [4.69, 9.17) is 0 Å². The highest BCUT2D eigenvalue weighted by atomic mass is 14.9. The Balaban J connectivity index is 1.58. The largest absolute Gasteiger partial charge is 0.311 e.